The van der Waals surface area contributed by atoms with Crippen LogP contribution in [0.2, 0.25) is 0 Å². The first-order valence-electron chi connectivity index (χ1n) is 6.57. The summed E-state index contributed by atoms with van der Waals surface area (Å²) in [4.78, 5) is 24.7. The third-order valence-electron chi connectivity index (χ3n) is 3.32. The van der Waals surface area contributed by atoms with E-state index in [0.717, 1.165) is 0 Å². The van der Waals surface area contributed by atoms with E-state index < -0.39 is 17.3 Å². The Hall–Kier alpha value is -1.91. The molecule has 1 aromatic carbocycles. The van der Waals surface area contributed by atoms with Crippen molar-refractivity contribution in [1.82, 2.24) is 4.90 Å². The van der Waals surface area contributed by atoms with Crippen LogP contribution in [0, 0.1) is 5.82 Å². The molecule has 0 radical (unpaired) electrons. The molecule has 1 rings (SSSR count). The Bertz CT molecular complexity index is 504. The minimum atomic E-state index is -1.38. The lowest BCUT2D eigenvalue weighted by atomic mass is 9.90. The van der Waals surface area contributed by atoms with Gasteiger partial charge in [-0.2, -0.15) is 0 Å². The molecule has 0 aliphatic heterocycles. The molecule has 0 saturated heterocycles. The first-order chi connectivity index (χ1) is 9.31. The summed E-state index contributed by atoms with van der Waals surface area (Å²) >= 11 is 0. The van der Waals surface area contributed by atoms with Gasteiger partial charge in [0.1, 0.15) is 11.4 Å². The number of carbonyl (C=O) groups excluding carboxylic acids is 1. The zero-order chi connectivity index (χ0) is 15.3. The van der Waals surface area contributed by atoms with Gasteiger partial charge in [0, 0.05) is 19.9 Å². The molecule has 1 amide bonds. The maximum Gasteiger partial charge on any atom is 0.329 e. The van der Waals surface area contributed by atoms with Gasteiger partial charge in [0.25, 0.3) is 0 Å². The van der Waals surface area contributed by atoms with Gasteiger partial charge in [0.05, 0.1) is 0 Å². The summed E-state index contributed by atoms with van der Waals surface area (Å²) in [5.74, 6) is -1.81. The zero-order valence-electron chi connectivity index (χ0n) is 12.0. The van der Waals surface area contributed by atoms with Crippen LogP contribution >= 0.6 is 0 Å². The predicted molar refractivity (Wildman–Crippen MR) is 73.8 cm³/mol. The molecule has 1 N–H and O–H groups in total. The molecule has 110 valence electrons. The molecule has 1 atom stereocenters. The largest absolute Gasteiger partial charge is 0.479 e. The van der Waals surface area contributed by atoms with Crippen LogP contribution in [0.4, 0.5) is 4.39 Å². The molecular formula is C15H20FNO3. The molecule has 0 spiro atoms. The summed E-state index contributed by atoms with van der Waals surface area (Å²) in [5.41, 5.74) is -0.826. The lowest BCUT2D eigenvalue weighted by Gasteiger charge is -2.37. The molecule has 5 heteroatoms. The summed E-state index contributed by atoms with van der Waals surface area (Å²) in [7, 11) is 0. The number of carboxylic acids is 1. The molecule has 1 aromatic rings. The van der Waals surface area contributed by atoms with Crippen LogP contribution in [0.1, 0.15) is 32.8 Å². The fourth-order valence-electron chi connectivity index (χ4n) is 2.31. The standard InChI is InChI=1S/C15H20FNO3/c1-4-8-17(11(2)18)15(3,14(19)20)10-12-6-5-7-13(16)9-12/h5-7,9H,4,8,10H2,1-3H3,(H,19,20). The van der Waals surface area contributed by atoms with Crippen molar-refractivity contribution in [3.8, 4) is 0 Å². The van der Waals surface area contributed by atoms with Crippen molar-refractivity contribution in [3.63, 3.8) is 0 Å². The van der Waals surface area contributed by atoms with Crippen LogP contribution < -0.4 is 0 Å². The second-order valence-electron chi connectivity index (χ2n) is 5.06. The Kier molecular flexibility index (Phi) is 5.25. The molecule has 0 bridgehead atoms. The van der Waals surface area contributed by atoms with Crippen LogP contribution in [-0.2, 0) is 16.0 Å². The first-order valence-corrected chi connectivity index (χ1v) is 6.57. The van der Waals surface area contributed by atoms with Crippen molar-refractivity contribution in [2.75, 3.05) is 6.54 Å². The van der Waals surface area contributed by atoms with Crippen LogP contribution in [-0.4, -0.2) is 34.0 Å². The monoisotopic (exact) mass is 281 g/mol. The number of aliphatic carboxylic acids is 1. The number of halogens is 1. The average Bonchev–Trinajstić information content (AvgIpc) is 2.35. The van der Waals surface area contributed by atoms with Crippen molar-refractivity contribution in [2.24, 2.45) is 0 Å². The highest BCUT2D eigenvalue weighted by Crippen LogP contribution is 2.23. The molecule has 20 heavy (non-hydrogen) atoms. The predicted octanol–water partition coefficient (Wildman–Crippen LogP) is 2.47. The van der Waals surface area contributed by atoms with Crippen molar-refractivity contribution >= 4 is 11.9 Å². The first kappa shape index (κ1) is 16.1. The van der Waals surface area contributed by atoms with Crippen molar-refractivity contribution in [1.29, 1.82) is 0 Å². The van der Waals surface area contributed by atoms with Gasteiger partial charge in [-0.15, -0.1) is 0 Å². The van der Waals surface area contributed by atoms with Crippen molar-refractivity contribution < 1.29 is 19.1 Å². The number of hydrogen-bond donors (Lipinski definition) is 1. The molecule has 0 fully saturated rings. The Morgan fingerprint density at radius 3 is 2.50 bits per heavy atom. The molecule has 4 nitrogen and oxygen atoms in total. The van der Waals surface area contributed by atoms with Crippen LogP contribution in [0.15, 0.2) is 24.3 Å². The van der Waals surface area contributed by atoms with E-state index in [1.807, 2.05) is 6.92 Å². The number of nitrogens with zero attached hydrogens (tertiary/aromatic N) is 1. The van der Waals surface area contributed by atoms with E-state index >= 15 is 0 Å². The number of carboxylic acid groups (broad SMARTS) is 1. The van der Waals surface area contributed by atoms with Gasteiger partial charge >= 0.3 is 5.97 Å². The molecular weight excluding hydrogens is 261 g/mol. The normalized spacial score (nSPS) is 13.6. The van der Waals surface area contributed by atoms with Crippen LogP contribution in [0.5, 0.6) is 0 Å². The number of benzene rings is 1. The van der Waals surface area contributed by atoms with Gasteiger partial charge in [-0.25, -0.2) is 9.18 Å². The summed E-state index contributed by atoms with van der Waals surface area (Å²) in [6, 6.07) is 5.79. The number of amides is 1. The number of hydrogen-bond acceptors (Lipinski definition) is 2. The smallest absolute Gasteiger partial charge is 0.329 e. The van der Waals surface area contributed by atoms with E-state index in [1.54, 1.807) is 6.07 Å². The maximum absolute atomic E-state index is 13.2. The SMILES string of the molecule is CCCN(C(C)=O)C(C)(Cc1cccc(F)c1)C(=O)O. The third kappa shape index (κ3) is 3.56. The number of carbonyl (C=O) groups is 2. The fraction of sp³-hybridized carbons (Fsp3) is 0.467. The molecule has 0 saturated carbocycles. The lowest BCUT2D eigenvalue weighted by molar-refractivity contribution is -0.157. The molecule has 0 aliphatic carbocycles. The molecule has 0 heterocycles. The molecule has 0 aromatic heterocycles. The molecule has 1 unspecified atom stereocenters. The van der Waals surface area contributed by atoms with E-state index in [9.17, 15) is 19.1 Å². The van der Waals surface area contributed by atoms with Gasteiger partial charge < -0.3 is 10.0 Å². The highest BCUT2D eigenvalue weighted by atomic mass is 19.1. The minimum Gasteiger partial charge on any atom is -0.479 e. The fourth-order valence-corrected chi connectivity index (χ4v) is 2.31. The van der Waals surface area contributed by atoms with Gasteiger partial charge in [-0.05, 0) is 31.0 Å². The Morgan fingerprint density at radius 1 is 1.40 bits per heavy atom. The third-order valence-corrected chi connectivity index (χ3v) is 3.32. The van der Waals surface area contributed by atoms with E-state index in [0.29, 0.717) is 18.5 Å². The van der Waals surface area contributed by atoms with Crippen molar-refractivity contribution in [3.05, 3.63) is 35.6 Å². The number of rotatable bonds is 6. The van der Waals surface area contributed by atoms with E-state index in [1.165, 1.54) is 36.9 Å². The minimum absolute atomic E-state index is 0.0691. The maximum atomic E-state index is 13.2. The van der Waals surface area contributed by atoms with Gasteiger partial charge in [0.2, 0.25) is 5.91 Å². The Balaban J connectivity index is 3.13. The Morgan fingerprint density at radius 2 is 2.05 bits per heavy atom. The summed E-state index contributed by atoms with van der Waals surface area (Å²) in [5, 5.41) is 9.52. The van der Waals surface area contributed by atoms with Gasteiger partial charge in [-0.3, -0.25) is 4.79 Å². The Labute approximate surface area is 118 Å². The van der Waals surface area contributed by atoms with Gasteiger partial charge in [-0.1, -0.05) is 19.1 Å². The van der Waals surface area contributed by atoms with Crippen molar-refractivity contribution in [2.45, 2.75) is 39.2 Å². The topological polar surface area (TPSA) is 57.6 Å². The van der Waals surface area contributed by atoms with Crippen LogP contribution in [0.3, 0.4) is 0 Å². The second kappa shape index (κ2) is 6.50. The quantitative estimate of drug-likeness (QED) is 0.871. The van der Waals surface area contributed by atoms with E-state index in [-0.39, 0.29) is 12.3 Å². The van der Waals surface area contributed by atoms with E-state index in [2.05, 4.69) is 0 Å². The zero-order valence-corrected chi connectivity index (χ0v) is 12.0. The summed E-state index contributed by atoms with van der Waals surface area (Å²) < 4.78 is 13.2. The van der Waals surface area contributed by atoms with Gasteiger partial charge in [0.15, 0.2) is 0 Å². The van der Waals surface area contributed by atoms with E-state index in [4.69, 9.17) is 0 Å². The lowest BCUT2D eigenvalue weighted by Crippen LogP contribution is -2.56. The molecule has 0 aliphatic rings. The summed E-state index contributed by atoms with van der Waals surface area (Å²) in [6.07, 6.45) is 0.727. The highest BCUT2D eigenvalue weighted by molar-refractivity contribution is 5.86. The van der Waals surface area contributed by atoms with Crippen LogP contribution in [0.25, 0.3) is 0 Å². The average molecular weight is 281 g/mol. The summed E-state index contributed by atoms with van der Waals surface area (Å²) in [6.45, 7) is 5.08. The second-order valence-corrected chi connectivity index (χ2v) is 5.06. The highest BCUT2D eigenvalue weighted by Gasteiger charge is 2.40.